The summed E-state index contributed by atoms with van der Waals surface area (Å²) < 4.78 is 18.4. The normalized spacial score (nSPS) is 23.5. The molecule has 1 N–H and O–H groups in total. The zero-order valence-corrected chi connectivity index (χ0v) is 18.3. The van der Waals surface area contributed by atoms with Gasteiger partial charge in [-0.3, -0.25) is 0 Å². The maximum Gasteiger partial charge on any atom is 0.261 e. The van der Waals surface area contributed by atoms with E-state index in [1.165, 1.54) is 10.4 Å². The molecular formula is C23H32O4Si. The molecule has 1 heterocycles. The van der Waals surface area contributed by atoms with Gasteiger partial charge in [-0.05, 0) is 15.4 Å². The van der Waals surface area contributed by atoms with Crippen LogP contribution in [0.4, 0.5) is 0 Å². The second-order valence-electron chi connectivity index (χ2n) is 8.48. The van der Waals surface area contributed by atoms with Crippen LogP contribution in [0.15, 0.2) is 60.7 Å². The first kappa shape index (κ1) is 21.2. The quantitative estimate of drug-likeness (QED) is 0.757. The Hall–Kier alpha value is -1.50. The van der Waals surface area contributed by atoms with Crippen molar-refractivity contribution in [3.05, 3.63) is 60.7 Å². The molecule has 0 radical (unpaired) electrons. The Kier molecular flexibility index (Phi) is 6.73. The fourth-order valence-corrected chi connectivity index (χ4v) is 8.94. The van der Waals surface area contributed by atoms with Crippen LogP contribution in [0.1, 0.15) is 33.6 Å². The second kappa shape index (κ2) is 8.89. The molecule has 3 atom stereocenters. The van der Waals surface area contributed by atoms with Gasteiger partial charge in [0.1, 0.15) is 0 Å². The van der Waals surface area contributed by atoms with Gasteiger partial charge in [-0.2, -0.15) is 0 Å². The molecule has 0 spiro atoms. The molecule has 1 fully saturated rings. The van der Waals surface area contributed by atoms with Crippen molar-refractivity contribution >= 4 is 18.7 Å². The highest BCUT2D eigenvalue weighted by Gasteiger charge is 2.52. The Labute approximate surface area is 169 Å². The molecule has 3 rings (SSSR count). The number of aliphatic hydroxyl groups is 1. The van der Waals surface area contributed by atoms with Gasteiger partial charge in [0.25, 0.3) is 8.32 Å². The molecule has 2 aromatic rings. The molecule has 0 saturated carbocycles. The van der Waals surface area contributed by atoms with Crippen molar-refractivity contribution in [3.63, 3.8) is 0 Å². The Morgan fingerprint density at radius 2 is 1.50 bits per heavy atom. The fourth-order valence-electron chi connectivity index (χ4n) is 4.24. The predicted molar refractivity (Wildman–Crippen MR) is 114 cm³/mol. The monoisotopic (exact) mass is 400 g/mol. The summed E-state index contributed by atoms with van der Waals surface area (Å²) in [6.45, 7) is 6.79. The SMILES string of the molecule is CO[C@H]1C[C@H](O[Si](c2ccccc2)(c2ccccc2)C(C)(C)C)C[C@@H](CO)O1. The molecule has 152 valence electrons. The summed E-state index contributed by atoms with van der Waals surface area (Å²) in [5.41, 5.74) is 0. The van der Waals surface area contributed by atoms with E-state index in [-0.39, 0.29) is 30.1 Å². The third-order valence-corrected chi connectivity index (χ3v) is 10.6. The summed E-state index contributed by atoms with van der Waals surface area (Å²) in [6, 6.07) is 21.2. The smallest absolute Gasteiger partial charge is 0.261 e. The molecule has 2 aromatic carbocycles. The molecule has 0 bridgehead atoms. The summed E-state index contributed by atoms with van der Waals surface area (Å²) in [5, 5.41) is 12.1. The predicted octanol–water partition coefficient (Wildman–Crippen LogP) is 3.08. The zero-order valence-electron chi connectivity index (χ0n) is 17.3. The van der Waals surface area contributed by atoms with Crippen LogP contribution in [0.5, 0.6) is 0 Å². The van der Waals surface area contributed by atoms with Crippen molar-refractivity contribution in [2.75, 3.05) is 13.7 Å². The lowest BCUT2D eigenvalue weighted by Gasteiger charge is -2.47. The second-order valence-corrected chi connectivity index (χ2v) is 12.7. The molecular weight excluding hydrogens is 368 g/mol. The Morgan fingerprint density at radius 1 is 0.964 bits per heavy atom. The Balaban J connectivity index is 2.08. The van der Waals surface area contributed by atoms with E-state index < -0.39 is 8.32 Å². The van der Waals surface area contributed by atoms with Gasteiger partial charge in [-0.1, -0.05) is 81.4 Å². The molecule has 0 aromatic heterocycles. The number of ether oxygens (including phenoxy) is 2. The van der Waals surface area contributed by atoms with Gasteiger partial charge in [-0.15, -0.1) is 0 Å². The number of hydrogen-bond donors (Lipinski definition) is 1. The third kappa shape index (κ3) is 4.24. The largest absolute Gasteiger partial charge is 0.404 e. The lowest BCUT2D eigenvalue weighted by molar-refractivity contribution is -0.208. The fraction of sp³-hybridized carbons (Fsp3) is 0.478. The minimum absolute atomic E-state index is 0.0273. The highest BCUT2D eigenvalue weighted by molar-refractivity contribution is 6.99. The molecule has 1 aliphatic heterocycles. The van der Waals surface area contributed by atoms with Crippen LogP contribution in [-0.2, 0) is 13.9 Å². The molecule has 0 aliphatic carbocycles. The minimum atomic E-state index is -2.61. The Morgan fingerprint density at radius 3 is 1.93 bits per heavy atom. The molecule has 0 amide bonds. The van der Waals surface area contributed by atoms with Crippen LogP contribution in [0.3, 0.4) is 0 Å². The van der Waals surface area contributed by atoms with Crippen LogP contribution < -0.4 is 10.4 Å². The first-order chi connectivity index (χ1) is 13.4. The maximum atomic E-state index is 9.69. The van der Waals surface area contributed by atoms with Crippen LogP contribution in [0, 0.1) is 0 Å². The van der Waals surface area contributed by atoms with E-state index in [1.54, 1.807) is 7.11 Å². The molecule has 4 nitrogen and oxygen atoms in total. The van der Waals surface area contributed by atoms with E-state index in [1.807, 2.05) is 12.1 Å². The average molecular weight is 401 g/mol. The maximum absolute atomic E-state index is 9.69. The number of methoxy groups -OCH3 is 1. The summed E-state index contributed by atoms with van der Waals surface area (Å²) in [5.74, 6) is 0. The lowest BCUT2D eigenvalue weighted by atomic mass is 10.1. The number of aliphatic hydroxyl groups excluding tert-OH is 1. The Bertz CT molecular complexity index is 678. The van der Waals surface area contributed by atoms with Gasteiger partial charge in [0.2, 0.25) is 0 Å². The van der Waals surface area contributed by atoms with Crippen LogP contribution in [0.25, 0.3) is 0 Å². The molecule has 1 saturated heterocycles. The molecule has 0 unspecified atom stereocenters. The molecule has 28 heavy (non-hydrogen) atoms. The standard InChI is InChI=1S/C23H32O4Si/c1-23(2,3)28(20-11-7-5-8-12-20,21-13-9-6-10-14-21)27-18-15-19(17-24)26-22(16-18)25-4/h5-14,18-19,22,24H,15-17H2,1-4H3/t18-,19+,22-/m1/s1. The summed E-state index contributed by atoms with van der Waals surface area (Å²) in [7, 11) is -0.971. The summed E-state index contributed by atoms with van der Waals surface area (Å²) in [6.07, 6.45) is 0.677. The van der Waals surface area contributed by atoms with Crippen molar-refractivity contribution in [1.82, 2.24) is 0 Å². The van der Waals surface area contributed by atoms with Gasteiger partial charge in [0, 0.05) is 20.0 Å². The highest BCUT2D eigenvalue weighted by atomic mass is 28.4. The van der Waals surface area contributed by atoms with E-state index in [2.05, 4.69) is 69.3 Å². The van der Waals surface area contributed by atoms with Crippen molar-refractivity contribution in [2.45, 2.75) is 57.1 Å². The average Bonchev–Trinajstić information content (AvgIpc) is 2.72. The number of benzene rings is 2. The van der Waals surface area contributed by atoms with Gasteiger partial charge in [-0.25, -0.2) is 0 Å². The van der Waals surface area contributed by atoms with Crippen molar-refractivity contribution in [2.24, 2.45) is 0 Å². The van der Waals surface area contributed by atoms with Crippen molar-refractivity contribution in [1.29, 1.82) is 0 Å². The van der Waals surface area contributed by atoms with Crippen LogP contribution >= 0.6 is 0 Å². The van der Waals surface area contributed by atoms with E-state index >= 15 is 0 Å². The van der Waals surface area contributed by atoms with Crippen LogP contribution in [-0.4, -0.2) is 45.6 Å². The van der Waals surface area contributed by atoms with Crippen molar-refractivity contribution < 1.29 is 19.0 Å². The first-order valence-electron chi connectivity index (χ1n) is 9.98. The van der Waals surface area contributed by atoms with Gasteiger partial charge in [0.15, 0.2) is 6.29 Å². The molecule has 1 aliphatic rings. The van der Waals surface area contributed by atoms with Gasteiger partial charge < -0.3 is 19.0 Å². The van der Waals surface area contributed by atoms with E-state index in [0.717, 1.165) is 0 Å². The lowest BCUT2D eigenvalue weighted by Crippen LogP contribution is -2.68. The number of rotatable bonds is 6. The van der Waals surface area contributed by atoms with Crippen molar-refractivity contribution in [3.8, 4) is 0 Å². The zero-order chi connectivity index (χ0) is 20.2. The molecule has 5 heteroatoms. The van der Waals surface area contributed by atoms with E-state index in [4.69, 9.17) is 13.9 Å². The van der Waals surface area contributed by atoms with Gasteiger partial charge in [0.05, 0.1) is 18.8 Å². The highest BCUT2D eigenvalue weighted by Crippen LogP contribution is 2.39. The number of hydrogen-bond acceptors (Lipinski definition) is 4. The topological polar surface area (TPSA) is 47.9 Å². The van der Waals surface area contributed by atoms with E-state index in [9.17, 15) is 5.11 Å². The van der Waals surface area contributed by atoms with Crippen LogP contribution in [0.2, 0.25) is 5.04 Å². The summed E-state index contributed by atoms with van der Waals surface area (Å²) in [4.78, 5) is 0. The third-order valence-electron chi connectivity index (χ3n) is 5.55. The van der Waals surface area contributed by atoms with Gasteiger partial charge >= 0.3 is 0 Å². The first-order valence-corrected chi connectivity index (χ1v) is 11.9. The summed E-state index contributed by atoms with van der Waals surface area (Å²) >= 11 is 0. The van der Waals surface area contributed by atoms with E-state index in [0.29, 0.717) is 12.8 Å². The minimum Gasteiger partial charge on any atom is -0.404 e.